The molecule has 1 fully saturated rings. The lowest BCUT2D eigenvalue weighted by Gasteiger charge is -2.28. The maximum atomic E-state index is 14.1. The van der Waals surface area contributed by atoms with Gasteiger partial charge < -0.3 is 9.47 Å². The number of hydrogen-bond donors (Lipinski definition) is 0. The van der Waals surface area contributed by atoms with E-state index in [0.29, 0.717) is 41.5 Å². The second kappa shape index (κ2) is 10.1. The van der Waals surface area contributed by atoms with E-state index in [9.17, 15) is 13.2 Å². The number of ether oxygens (including phenoxy) is 2. The molecule has 1 amide bonds. The van der Waals surface area contributed by atoms with Crippen LogP contribution in [-0.4, -0.2) is 55.4 Å². The van der Waals surface area contributed by atoms with Gasteiger partial charge in [-0.15, -0.1) is 11.3 Å². The summed E-state index contributed by atoms with van der Waals surface area (Å²) < 4.78 is 40.0. The van der Waals surface area contributed by atoms with Gasteiger partial charge in [0.05, 0.1) is 20.8 Å². The second-order valence-electron chi connectivity index (χ2n) is 8.13. The first-order valence-electron chi connectivity index (χ1n) is 11.2. The van der Waals surface area contributed by atoms with Gasteiger partial charge >= 0.3 is 0 Å². The monoisotopic (exact) mass is 544 g/mol. The highest BCUT2D eigenvalue weighted by atomic mass is 32.2. The number of sulfonamides is 1. The fourth-order valence-electron chi connectivity index (χ4n) is 4.28. The maximum absolute atomic E-state index is 14.1. The summed E-state index contributed by atoms with van der Waals surface area (Å²) in [5.74, 6) is 0.863. The van der Waals surface area contributed by atoms with Crippen LogP contribution in [0, 0.1) is 0 Å². The number of thiazole rings is 1. The zero-order valence-corrected chi connectivity index (χ0v) is 22.1. The Labute approximate surface area is 217 Å². The van der Waals surface area contributed by atoms with Crippen molar-refractivity contribution in [2.45, 2.75) is 29.6 Å². The van der Waals surface area contributed by atoms with Gasteiger partial charge in [0, 0.05) is 18.9 Å². The smallest absolute Gasteiger partial charge is 0.253 e. The van der Waals surface area contributed by atoms with E-state index >= 15 is 0 Å². The van der Waals surface area contributed by atoms with Gasteiger partial charge in [-0.3, -0.25) is 14.7 Å². The number of carbonyl (C=O) groups is 1. The summed E-state index contributed by atoms with van der Waals surface area (Å²) >= 11 is 2.46. The van der Waals surface area contributed by atoms with Gasteiger partial charge in [0.1, 0.15) is 32.0 Å². The van der Waals surface area contributed by atoms with Crippen molar-refractivity contribution in [1.82, 2.24) is 14.3 Å². The summed E-state index contributed by atoms with van der Waals surface area (Å²) in [6.07, 6.45) is 4.36. The number of anilines is 1. The van der Waals surface area contributed by atoms with Gasteiger partial charge in [-0.05, 0) is 54.1 Å². The van der Waals surface area contributed by atoms with Crippen molar-refractivity contribution >= 4 is 54.0 Å². The molecule has 1 aromatic carbocycles. The summed E-state index contributed by atoms with van der Waals surface area (Å²) in [5.41, 5.74) is 1.43. The molecule has 1 aliphatic rings. The van der Waals surface area contributed by atoms with E-state index in [1.54, 1.807) is 61.2 Å². The first-order valence-corrected chi connectivity index (χ1v) is 14.3. The molecule has 0 radical (unpaired) electrons. The quantitative estimate of drug-likeness (QED) is 0.328. The van der Waals surface area contributed by atoms with E-state index in [0.717, 1.165) is 21.6 Å². The lowest BCUT2D eigenvalue weighted by Crippen LogP contribution is -2.47. The predicted octanol–water partition coefficient (Wildman–Crippen LogP) is 4.16. The molecular formula is C24H24N4O5S3. The summed E-state index contributed by atoms with van der Waals surface area (Å²) in [6, 6.07) is 9.65. The Bertz CT molecular complexity index is 1430. The average Bonchev–Trinajstić information content (AvgIpc) is 3.67. The molecule has 1 saturated heterocycles. The van der Waals surface area contributed by atoms with Crippen molar-refractivity contribution in [3.63, 3.8) is 0 Å². The van der Waals surface area contributed by atoms with Crippen molar-refractivity contribution in [1.29, 1.82) is 0 Å². The number of benzene rings is 1. The Morgan fingerprint density at radius 3 is 2.58 bits per heavy atom. The number of aromatic nitrogens is 2. The van der Waals surface area contributed by atoms with Crippen molar-refractivity contribution < 1.29 is 22.7 Å². The molecule has 12 heteroatoms. The molecule has 1 aliphatic heterocycles. The molecular weight excluding hydrogens is 520 g/mol. The maximum Gasteiger partial charge on any atom is 0.253 e. The number of amides is 1. The Morgan fingerprint density at radius 2 is 1.89 bits per heavy atom. The fraction of sp³-hybridized carbons (Fsp3) is 0.292. The third-order valence-electron chi connectivity index (χ3n) is 6.03. The third kappa shape index (κ3) is 4.45. The molecule has 188 valence electrons. The third-order valence-corrected chi connectivity index (χ3v) is 10.4. The molecule has 4 aromatic rings. The van der Waals surface area contributed by atoms with Gasteiger partial charge in [-0.25, -0.2) is 13.4 Å². The van der Waals surface area contributed by atoms with Gasteiger partial charge in [0.2, 0.25) is 5.91 Å². The van der Waals surface area contributed by atoms with Gasteiger partial charge in [0.25, 0.3) is 10.0 Å². The minimum Gasteiger partial charge on any atom is -0.495 e. The van der Waals surface area contributed by atoms with E-state index in [4.69, 9.17) is 14.5 Å². The lowest BCUT2D eigenvalue weighted by molar-refractivity contribution is -0.121. The molecule has 9 nitrogen and oxygen atoms in total. The van der Waals surface area contributed by atoms with Crippen LogP contribution in [0.5, 0.6) is 11.5 Å². The van der Waals surface area contributed by atoms with E-state index < -0.39 is 16.1 Å². The highest BCUT2D eigenvalue weighted by Crippen LogP contribution is 2.41. The minimum atomic E-state index is -3.79. The molecule has 1 unspecified atom stereocenters. The highest BCUT2D eigenvalue weighted by Gasteiger charge is 2.42. The fourth-order valence-corrected chi connectivity index (χ4v) is 8.13. The van der Waals surface area contributed by atoms with Crippen LogP contribution in [0.2, 0.25) is 0 Å². The number of pyridine rings is 1. The summed E-state index contributed by atoms with van der Waals surface area (Å²) in [4.78, 5) is 24.5. The van der Waals surface area contributed by atoms with Crippen molar-refractivity contribution in [2.75, 3.05) is 25.7 Å². The number of fused-ring (bicyclic) bond motifs is 1. The van der Waals surface area contributed by atoms with Crippen LogP contribution < -0.4 is 14.4 Å². The van der Waals surface area contributed by atoms with Crippen molar-refractivity contribution in [2.24, 2.45) is 0 Å². The van der Waals surface area contributed by atoms with Crippen LogP contribution in [0.1, 0.15) is 18.4 Å². The van der Waals surface area contributed by atoms with Crippen LogP contribution in [0.25, 0.3) is 10.2 Å². The van der Waals surface area contributed by atoms with Crippen LogP contribution in [0.4, 0.5) is 5.13 Å². The molecule has 36 heavy (non-hydrogen) atoms. The Morgan fingerprint density at radius 1 is 1.14 bits per heavy atom. The highest BCUT2D eigenvalue weighted by molar-refractivity contribution is 7.91. The molecule has 0 bridgehead atoms. The van der Waals surface area contributed by atoms with Crippen molar-refractivity contribution in [3.8, 4) is 11.5 Å². The molecule has 1 atom stereocenters. The SMILES string of the molecule is COc1ccc(OC)c2sc(N(Cc3ccncc3)C(=O)C3CCCN3S(=O)(=O)c3cccs3)nc12. The predicted molar refractivity (Wildman–Crippen MR) is 139 cm³/mol. The number of nitrogens with zero attached hydrogens (tertiary/aromatic N) is 4. The first-order chi connectivity index (χ1) is 17.4. The zero-order valence-electron chi connectivity index (χ0n) is 19.7. The molecule has 0 saturated carbocycles. The zero-order chi connectivity index (χ0) is 25.3. The average molecular weight is 545 g/mol. The lowest BCUT2D eigenvalue weighted by atomic mass is 10.2. The number of methoxy groups -OCH3 is 2. The summed E-state index contributed by atoms with van der Waals surface area (Å²) in [5, 5.41) is 2.16. The van der Waals surface area contributed by atoms with E-state index in [-0.39, 0.29) is 16.7 Å². The van der Waals surface area contributed by atoms with Gasteiger partial charge in [-0.1, -0.05) is 17.4 Å². The normalized spacial score (nSPS) is 16.3. The number of carbonyl (C=O) groups excluding carboxylic acids is 1. The second-order valence-corrected chi connectivity index (χ2v) is 12.2. The first kappa shape index (κ1) is 24.6. The van der Waals surface area contributed by atoms with E-state index in [1.165, 1.54) is 15.6 Å². The Kier molecular flexibility index (Phi) is 6.93. The molecule has 0 N–H and O–H groups in total. The number of hydrogen-bond acceptors (Lipinski definition) is 9. The summed E-state index contributed by atoms with van der Waals surface area (Å²) in [7, 11) is -0.649. The molecule has 5 rings (SSSR count). The van der Waals surface area contributed by atoms with Crippen LogP contribution in [0.15, 0.2) is 58.4 Å². The largest absolute Gasteiger partial charge is 0.495 e. The van der Waals surface area contributed by atoms with Gasteiger partial charge in [-0.2, -0.15) is 4.31 Å². The van der Waals surface area contributed by atoms with Crippen LogP contribution in [0.3, 0.4) is 0 Å². The van der Waals surface area contributed by atoms with E-state index in [1.807, 2.05) is 12.1 Å². The van der Waals surface area contributed by atoms with Crippen LogP contribution in [-0.2, 0) is 21.4 Å². The van der Waals surface area contributed by atoms with E-state index in [2.05, 4.69) is 4.98 Å². The Hall–Kier alpha value is -3.06. The standard InChI is InChI=1S/C24H24N4O5S3/c1-32-18-7-8-19(33-2)22-21(18)26-24(35-22)27(15-16-9-11-25-12-10-16)23(29)17-5-3-13-28(17)36(30,31)20-6-4-14-34-20/h4,6-12,14,17H,3,5,13,15H2,1-2H3. The number of rotatable bonds is 8. The molecule has 0 aliphatic carbocycles. The number of thiophene rings is 1. The Balaban J connectivity index is 1.58. The molecule has 0 spiro atoms. The summed E-state index contributed by atoms with van der Waals surface area (Å²) in [6.45, 7) is 0.510. The minimum absolute atomic E-state index is 0.217. The molecule has 3 aromatic heterocycles. The van der Waals surface area contributed by atoms with Gasteiger partial charge in [0.15, 0.2) is 5.13 Å². The van der Waals surface area contributed by atoms with Crippen molar-refractivity contribution in [3.05, 3.63) is 59.7 Å². The van der Waals surface area contributed by atoms with Crippen LogP contribution >= 0.6 is 22.7 Å². The topological polar surface area (TPSA) is 102 Å². The molecule has 4 heterocycles.